The Hall–Kier alpha value is -1.35. The number of β-lactam (4-membered cyclic amide) rings is 1. The lowest BCUT2D eigenvalue weighted by Gasteiger charge is -2.30. The van der Waals surface area contributed by atoms with Crippen LogP contribution in [0, 0.1) is 5.92 Å². The lowest BCUT2D eigenvalue weighted by molar-refractivity contribution is -0.136. The first kappa shape index (κ1) is 8.26. The maximum Gasteiger partial charge on any atom is 0.227 e. The normalized spacial score (nSPS) is 23.2. The Morgan fingerprint density at radius 1 is 1.38 bits per heavy atom. The minimum absolute atomic E-state index is 0.0589. The molecular formula is C10H11NO2. The molecule has 2 N–H and O–H groups in total. The molecule has 0 aromatic heterocycles. The number of carbonyl (C=O) groups excluding carboxylic acids is 1. The molecule has 0 radical (unpaired) electrons. The third-order valence-corrected chi connectivity index (χ3v) is 2.36. The van der Waals surface area contributed by atoms with Gasteiger partial charge in [-0.25, -0.2) is 0 Å². The van der Waals surface area contributed by atoms with Crippen LogP contribution in [0.1, 0.15) is 11.7 Å². The summed E-state index contributed by atoms with van der Waals surface area (Å²) in [5.74, 6) is -0.321. The highest BCUT2D eigenvalue weighted by Crippen LogP contribution is 2.25. The van der Waals surface area contributed by atoms with Gasteiger partial charge in [-0.1, -0.05) is 30.3 Å². The number of rotatable bonds is 2. The number of aliphatic hydroxyl groups is 1. The van der Waals surface area contributed by atoms with Crippen LogP contribution in [0.15, 0.2) is 30.3 Å². The van der Waals surface area contributed by atoms with Gasteiger partial charge >= 0.3 is 0 Å². The predicted octanol–water partition coefficient (Wildman–Crippen LogP) is 0.466. The second-order valence-corrected chi connectivity index (χ2v) is 3.21. The Morgan fingerprint density at radius 2 is 2.08 bits per heavy atom. The Kier molecular flexibility index (Phi) is 2.02. The summed E-state index contributed by atoms with van der Waals surface area (Å²) < 4.78 is 0. The van der Waals surface area contributed by atoms with Gasteiger partial charge < -0.3 is 10.4 Å². The first-order valence-corrected chi connectivity index (χ1v) is 4.30. The maximum absolute atomic E-state index is 11.0. The van der Waals surface area contributed by atoms with Crippen LogP contribution in [-0.4, -0.2) is 17.6 Å². The minimum atomic E-state index is -0.657. The van der Waals surface area contributed by atoms with Crippen LogP contribution >= 0.6 is 0 Å². The zero-order valence-electron chi connectivity index (χ0n) is 7.10. The molecular weight excluding hydrogens is 166 g/mol. The molecule has 1 aliphatic rings. The van der Waals surface area contributed by atoms with Crippen LogP contribution in [0.4, 0.5) is 0 Å². The molecule has 0 bridgehead atoms. The molecule has 1 aromatic rings. The van der Waals surface area contributed by atoms with Crippen LogP contribution in [0.25, 0.3) is 0 Å². The number of hydrogen-bond donors (Lipinski definition) is 2. The zero-order chi connectivity index (χ0) is 9.26. The van der Waals surface area contributed by atoms with E-state index in [0.29, 0.717) is 6.54 Å². The second-order valence-electron chi connectivity index (χ2n) is 3.21. The summed E-state index contributed by atoms with van der Waals surface area (Å²) in [6.07, 6.45) is -0.657. The van der Waals surface area contributed by atoms with Crippen molar-refractivity contribution in [3.63, 3.8) is 0 Å². The summed E-state index contributed by atoms with van der Waals surface area (Å²) >= 11 is 0. The number of carbonyl (C=O) groups is 1. The van der Waals surface area contributed by atoms with E-state index in [1.165, 1.54) is 0 Å². The smallest absolute Gasteiger partial charge is 0.227 e. The van der Waals surface area contributed by atoms with Gasteiger partial charge in [-0.15, -0.1) is 0 Å². The predicted molar refractivity (Wildman–Crippen MR) is 47.9 cm³/mol. The van der Waals surface area contributed by atoms with Crippen molar-refractivity contribution in [3.8, 4) is 0 Å². The highest BCUT2D eigenvalue weighted by Gasteiger charge is 2.34. The Labute approximate surface area is 76.4 Å². The summed E-state index contributed by atoms with van der Waals surface area (Å²) in [6.45, 7) is 0.578. The Balaban J connectivity index is 2.13. The van der Waals surface area contributed by atoms with E-state index in [2.05, 4.69) is 5.32 Å². The minimum Gasteiger partial charge on any atom is -0.388 e. The van der Waals surface area contributed by atoms with Crippen molar-refractivity contribution in [2.75, 3.05) is 6.54 Å². The van der Waals surface area contributed by atoms with Crippen molar-refractivity contribution in [2.45, 2.75) is 6.10 Å². The molecule has 0 spiro atoms. The first-order chi connectivity index (χ1) is 6.29. The van der Waals surface area contributed by atoms with E-state index in [0.717, 1.165) is 5.56 Å². The molecule has 3 heteroatoms. The molecule has 2 atom stereocenters. The molecule has 68 valence electrons. The third kappa shape index (κ3) is 1.42. The highest BCUT2D eigenvalue weighted by atomic mass is 16.3. The van der Waals surface area contributed by atoms with Crippen LogP contribution in [0.5, 0.6) is 0 Å². The zero-order valence-corrected chi connectivity index (χ0v) is 7.10. The summed E-state index contributed by atoms with van der Waals surface area (Å²) in [5.41, 5.74) is 0.808. The lowest BCUT2D eigenvalue weighted by Crippen LogP contribution is -2.51. The van der Waals surface area contributed by atoms with Crippen molar-refractivity contribution < 1.29 is 9.90 Å². The van der Waals surface area contributed by atoms with Crippen molar-refractivity contribution in [1.82, 2.24) is 5.32 Å². The molecule has 1 amide bonds. The van der Waals surface area contributed by atoms with Gasteiger partial charge in [-0.05, 0) is 5.56 Å². The molecule has 1 aliphatic heterocycles. The molecule has 0 saturated carbocycles. The van der Waals surface area contributed by atoms with E-state index >= 15 is 0 Å². The number of nitrogens with one attached hydrogen (secondary N) is 1. The Bertz CT molecular complexity index is 310. The summed E-state index contributed by atoms with van der Waals surface area (Å²) in [4.78, 5) is 11.0. The molecule has 2 rings (SSSR count). The van der Waals surface area contributed by atoms with Crippen molar-refractivity contribution in [2.24, 2.45) is 5.92 Å². The fraction of sp³-hybridized carbons (Fsp3) is 0.300. The number of benzene rings is 1. The van der Waals surface area contributed by atoms with Gasteiger partial charge in [-0.3, -0.25) is 4.79 Å². The molecule has 1 heterocycles. The van der Waals surface area contributed by atoms with Crippen molar-refractivity contribution in [3.05, 3.63) is 35.9 Å². The SMILES string of the molecule is O=C1NC[C@@H]1[C@@H](O)c1ccccc1. The van der Waals surface area contributed by atoms with Gasteiger partial charge in [0.05, 0.1) is 12.0 Å². The standard InChI is InChI=1S/C10H11NO2/c12-9(8-6-11-10(8)13)7-4-2-1-3-5-7/h1-5,8-9,12H,6H2,(H,11,13)/t8-,9+/m1/s1. The maximum atomic E-state index is 11.0. The molecule has 1 saturated heterocycles. The van der Waals surface area contributed by atoms with Gasteiger partial charge in [0.1, 0.15) is 0 Å². The van der Waals surface area contributed by atoms with E-state index in [9.17, 15) is 9.90 Å². The van der Waals surface area contributed by atoms with E-state index in [1.54, 1.807) is 0 Å². The van der Waals surface area contributed by atoms with Crippen LogP contribution in [0.2, 0.25) is 0 Å². The van der Waals surface area contributed by atoms with Gasteiger partial charge in [0, 0.05) is 6.54 Å². The van der Waals surface area contributed by atoms with Crippen molar-refractivity contribution in [1.29, 1.82) is 0 Å². The van der Waals surface area contributed by atoms with Gasteiger partial charge in [0.2, 0.25) is 5.91 Å². The number of aliphatic hydroxyl groups excluding tert-OH is 1. The summed E-state index contributed by atoms with van der Waals surface area (Å²) in [5, 5.41) is 12.4. The second kappa shape index (κ2) is 3.18. The fourth-order valence-electron chi connectivity index (χ4n) is 1.44. The average molecular weight is 177 g/mol. The molecule has 1 fully saturated rings. The largest absolute Gasteiger partial charge is 0.388 e. The van der Waals surface area contributed by atoms with Gasteiger partial charge in [-0.2, -0.15) is 0 Å². The fourth-order valence-corrected chi connectivity index (χ4v) is 1.44. The van der Waals surface area contributed by atoms with E-state index in [1.807, 2.05) is 30.3 Å². The average Bonchev–Trinajstić information content (AvgIpc) is 2.17. The quantitative estimate of drug-likeness (QED) is 0.645. The van der Waals surface area contributed by atoms with Gasteiger partial charge in [0.25, 0.3) is 0 Å². The monoisotopic (exact) mass is 177 g/mol. The van der Waals surface area contributed by atoms with Crippen LogP contribution in [-0.2, 0) is 4.79 Å². The van der Waals surface area contributed by atoms with Gasteiger partial charge in [0.15, 0.2) is 0 Å². The summed E-state index contributed by atoms with van der Waals surface area (Å²) in [6, 6.07) is 9.26. The van der Waals surface area contributed by atoms with Crippen LogP contribution < -0.4 is 5.32 Å². The molecule has 3 nitrogen and oxygen atoms in total. The van der Waals surface area contributed by atoms with E-state index < -0.39 is 6.10 Å². The molecule has 0 unspecified atom stereocenters. The lowest BCUT2D eigenvalue weighted by atomic mass is 9.90. The third-order valence-electron chi connectivity index (χ3n) is 2.36. The number of hydrogen-bond acceptors (Lipinski definition) is 2. The highest BCUT2D eigenvalue weighted by molar-refractivity contribution is 5.85. The molecule has 0 aliphatic carbocycles. The number of amides is 1. The van der Waals surface area contributed by atoms with Crippen molar-refractivity contribution >= 4 is 5.91 Å². The van der Waals surface area contributed by atoms with Crippen LogP contribution in [0.3, 0.4) is 0 Å². The first-order valence-electron chi connectivity index (χ1n) is 4.30. The summed E-state index contributed by atoms with van der Waals surface area (Å²) in [7, 11) is 0. The Morgan fingerprint density at radius 3 is 2.54 bits per heavy atom. The molecule has 13 heavy (non-hydrogen) atoms. The van der Waals surface area contributed by atoms with E-state index in [-0.39, 0.29) is 11.8 Å². The molecule has 1 aromatic carbocycles. The topological polar surface area (TPSA) is 49.3 Å². The van der Waals surface area contributed by atoms with E-state index in [4.69, 9.17) is 0 Å².